The number of rotatable bonds is 1. The smallest absolute Gasteiger partial charge is 0.114 e. The summed E-state index contributed by atoms with van der Waals surface area (Å²) in [5, 5.41) is 0. The third-order valence-electron chi connectivity index (χ3n) is 2.70. The quantitative estimate of drug-likeness (QED) is 0.696. The van der Waals surface area contributed by atoms with Gasteiger partial charge < -0.3 is 4.90 Å². The molecule has 72 valence electrons. The van der Waals surface area contributed by atoms with E-state index in [1.54, 1.807) is 0 Å². The summed E-state index contributed by atoms with van der Waals surface area (Å²) < 4.78 is 1.28. The molecule has 1 atom stereocenters. The van der Waals surface area contributed by atoms with Crippen LogP contribution in [0.5, 0.6) is 0 Å². The molecule has 2 nitrogen and oxygen atoms in total. The summed E-state index contributed by atoms with van der Waals surface area (Å²) in [6.07, 6.45) is 9.48. The summed E-state index contributed by atoms with van der Waals surface area (Å²) in [5.41, 5.74) is 0. The second kappa shape index (κ2) is 3.84. The van der Waals surface area contributed by atoms with Crippen molar-refractivity contribution < 1.29 is 0 Å². The maximum absolute atomic E-state index is 3.63. The van der Waals surface area contributed by atoms with Gasteiger partial charge in [-0.2, -0.15) is 0 Å². The molecule has 0 radical (unpaired) electrons. The lowest BCUT2D eigenvalue weighted by molar-refractivity contribution is 0.156. The van der Waals surface area contributed by atoms with Crippen LogP contribution in [-0.4, -0.2) is 36.1 Å². The molecule has 1 saturated heterocycles. The topological polar surface area (TPSA) is 6.48 Å². The van der Waals surface area contributed by atoms with Gasteiger partial charge in [-0.3, -0.25) is 4.90 Å². The Morgan fingerprint density at radius 3 is 2.69 bits per heavy atom. The van der Waals surface area contributed by atoms with Gasteiger partial charge in [0.05, 0.1) is 0 Å². The predicted molar refractivity (Wildman–Crippen MR) is 58.5 cm³/mol. The Morgan fingerprint density at radius 2 is 2.08 bits per heavy atom. The van der Waals surface area contributed by atoms with E-state index in [1.165, 1.54) is 30.4 Å². The minimum Gasteiger partial charge on any atom is -0.361 e. The van der Waals surface area contributed by atoms with Crippen molar-refractivity contribution in [2.45, 2.75) is 19.0 Å². The maximum atomic E-state index is 3.63. The number of likely N-dealkylation sites (N-methyl/N-ethyl adjacent to an activating group) is 1. The highest BCUT2D eigenvalue weighted by Crippen LogP contribution is 2.26. The zero-order valence-corrected chi connectivity index (χ0v) is 9.50. The van der Waals surface area contributed by atoms with Gasteiger partial charge in [-0.1, -0.05) is 15.9 Å². The molecule has 13 heavy (non-hydrogen) atoms. The average Bonchev–Trinajstić information content (AvgIpc) is 2.57. The first-order valence-corrected chi connectivity index (χ1v) is 5.58. The van der Waals surface area contributed by atoms with Gasteiger partial charge >= 0.3 is 0 Å². The largest absolute Gasteiger partial charge is 0.361 e. The lowest BCUT2D eigenvalue weighted by Gasteiger charge is -2.36. The predicted octanol–water partition coefficient (Wildman–Crippen LogP) is 2.15. The summed E-state index contributed by atoms with van der Waals surface area (Å²) in [5.74, 6) is 0. The van der Waals surface area contributed by atoms with Crippen LogP contribution in [0.3, 0.4) is 0 Å². The molecule has 0 aliphatic carbocycles. The Morgan fingerprint density at radius 1 is 1.38 bits per heavy atom. The van der Waals surface area contributed by atoms with Crippen LogP contribution in [0.25, 0.3) is 0 Å². The number of likely N-dealkylation sites (tertiary alicyclic amines) is 1. The fraction of sp³-hybridized carbons (Fsp3) is 0.600. The molecule has 0 aromatic rings. The Hall–Kier alpha value is -0.280. The summed E-state index contributed by atoms with van der Waals surface area (Å²) in [6, 6.07) is 0. The van der Waals surface area contributed by atoms with Crippen LogP contribution in [-0.2, 0) is 0 Å². The van der Waals surface area contributed by atoms with Crippen molar-refractivity contribution in [3.05, 3.63) is 22.8 Å². The molecule has 2 rings (SSSR count). The molecule has 3 heteroatoms. The first-order chi connectivity index (χ1) is 6.29. The summed E-state index contributed by atoms with van der Waals surface area (Å²) in [6.45, 7) is 2.46. The van der Waals surface area contributed by atoms with E-state index in [0.717, 1.165) is 0 Å². The molecule has 0 saturated carbocycles. The normalized spacial score (nSPS) is 29.5. The van der Waals surface area contributed by atoms with Gasteiger partial charge in [-0.15, -0.1) is 0 Å². The van der Waals surface area contributed by atoms with Gasteiger partial charge in [0.25, 0.3) is 0 Å². The second-order valence-electron chi connectivity index (χ2n) is 3.68. The minimum absolute atomic E-state index is 0.438. The number of hydrogen-bond acceptors (Lipinski definition) is 2. The van der Waals surface area contributed by atoms with E-state index in [9.17, 15) is 0 Å². The molecule has 0 spiro atoms. The Balaban J connectivity index is 2.12. The Kier molecular flexibility index (Phi) is 2.74. The highest BCUT2D eigenvalue weighted by molar-refractivity contribution is 9.11. The van der Waals surface area contributed by atoms with E-state index >= 15 is 0 Å². The molecular formula is C10H15BrN2. The zero-order chi connectivity index (χ0) is 9.26. The molecule has 1 fully saturated rings. The van der Waals surface area contributed by atoms with Crippen molar-refractivity contribution in [1.29, 1.82) is 0 Å². The Bertz CT molecular complexity index is 241. The molecule has 0 aromatic carbocycles. The lowest BCUT2D eigenvalue weighted by atomic mass is 10.3. The highest BCUT2D eigenvalue weighted by atomic mass is 79.9. The molecule has 0 bridgehead atoms. The van der Waals surface area contributed by atoms with Crippen LogP contribution in [0.15, 0.2) is 22.8 Å². The third kappa shape index (κ3) is 1.81. The van der Waals surface area contributed by atoms with Crippen LogP contribution in [0.2, 0.25) is 0 Å². The molecule has 0 amide bonds. The minimum atomic E-state index is 0.438. The van der Waals surface area contributed by atoms with Crippen molar-refractivity contribution in [2.75, 3.05) is 20.1 Å². The van der Waals surface area contributed by atoms with Gasteiger partial charge in [0, 0.05) is 30.8 Å². The maximum Gasteiger partial charge on any atom is 0.114 e. The van der Waals surface area contributed by atoms with Gasteiger partial charge in [0.1, 0.15) is 6.17 Å². The first kappa shape index (κ1) is 9.28. The van der Waals surface area contributed by atoms with Crippen molar-refractivity contribution in [3.63, 3.8) is 0 Å². The number of allylic oxidation sites excluding steroid dienone is 2. The average molecular weight is 243 g/mol. The van der Waals surface area contributed by atoms with Crippen LogP contribution in [0.1, 0.15) is 12.8 Å². The fourth-order valence-electron chi connectivity index (χ4n) is 2.05. The summed E-state index contributed by atoms with van der Waals surface area (Å²) in [7, 11) is 2.13. The van der Waals surface area contributed by atoms with E-state index in [0.29, 0.717) is 6.17 Å². The van der Waals surface area contributed by atoms with Crippen LogP contribution >= 0.6 is 15.9 Å². The molecule has 2 heterocycles. The first-order valence-electron chi connectivity index (χ1n) is 4.79. The molecule has 1 unspecified atom stereocenters. The van der Waals surface area contributed by atoms with E-state index in [-0.39, 0.29) is 0 Å². The van der Waals surface area contributed by atoms with Gasteiger partial charge in [-0.25, -0.2) is 0 Å². The van der Waals surface area contributed by atoms with E-state index in [2.05, 4.69) is 51.1 Å². The van der Waals surface area contributed by atoms with Crippen molar-refractivity contribution in [2.24, 2.45) is 0 Å². The van der Waals surface area contributed by atoms with Gasteiger partial charge in [0.15, 0.2) is 0 Å². The van der Waals surface area contributed by atoms with Crippen molar-refractivity contribution in [1.82, 2.24) is 9.80 Å². The summed E-state index contributed by atoms with van der Waals surface area (Å²) in [4.78, 5) is 4.78. The standard InChI is InChI=1S/C10H15BrN2/c1-12-6-4-5-9(11)10(12)13-7-2-3-8-13/h4-6,10H,2-3,7-8H2,1H3. The van der Waals surface area contributed by atoms with Crippen molar-refractivity contribution in [3.8, 4) is 0 Å². The van der Waals surface area contributed by atoms with Crippen molar-refractivity contribution >= 4 is 15.9 Å². The Labute approximate surface area is 88.0 Å². The molecule has 0 aromatic heterocycles. The van der Waals surface area contributed by atoms with Crippen LogP contribution in [0.4, 0.5) is 0 Å². The SMILES string of the molecule is CN1C=CC=C(Br)C1N1CCCC1. The van der Waals surface area contributed by atoms with Gasteiger partial charge in [0.2, 0.25) is 0 Å². The fourth-order valence-corrected chi connectivity index (χ4v) is 2.82. The van der Waals surface area contributed by atoms with Crippen LogP contribution in [0, 0.1) is 0 Å². The van der Waals surface area contributed by atoms with E-state index < -0.39 is 0 Å². The monoisotopic (exact) mass is 242 g/mol. The number of nitrogens with zero attached hydrogens (tertiary/aromatic N) is 2. The third-order valence-corrected chi connectivity index (χ3v) is 3.37. The molecule has 0 N–H and O–H groups in total. The highest BCUT2D eigenvalue weighted by Gasteiger charge is 2.27. The second-order valence-corrected chi connectivity index (χ2v) is 4.59. The van der Waals surface area contributed by atoms with Gasteiger partial charge in [-0.05, 0) is 25.0 Å². The van der Waals surface area contributed by atoms with E-state index in [1.807, 2.05) is 0 Å². The molecule has 2 aliphatic rings. The number of halogens is 1. The summed E-state index contributed by atoms with van der Waals surface area (Å²) >= 11 is 3.63. The van der Waals surface area contributed by atoms with Crippen LogP contribution < -0.4 is 0 Å². The van der Waals surface area contributed by atoms with E-state index in [4.69, 9.17) is 0 Å². The zero-order valence-electron chi connectivity index (χ0n) is 7.91. The lowest BCUT2D eigenvalue weighted by Crippen LogP contribution is -2.44. The molecule has 2 aliphatic heterocycles. The number of hydrogen-bond donors (Lipinski definition) is 0. The molecular weight excluding hydrogens is 228 g/mol.